The van der Waals surface area contributed by atoms with Crippen LogP contribution in [-0.4, -0.2) is 32.4 Å². The Kier molecular flexibility index (Phi) is 8.07. The highest BCUT2D eigenvalue weighted by Crippen LogP contribution is 2.38. The molecule has 0 atom stereocenters. The number of alkyl halides is 6. The van der Waals surface area contributed by atoms with Gasteiger partial charge >= 0.3 is 12.4 Å². The zero-order chi connectivity index (χ0) is 27.5. The number of fused-ring (bicyclic) bond motifs is 1. The fourth-order valence-corrected chi connectivity index (χ4v) is 4.57. The summed E-state index contributed by atoms with van der Waals surface area (Å²) in [6, 6.07) is 6.38. The molecule has 0 bridgehead atoms. The van der Waals surface area contributed by atoms with Gasteiger partial charge in [-0.2, -0.15) is 31.4 Å². The van der Waals surface area contributed by atoms with Gasteiger partial charge in [0.2, 0.25) is 0 Å². The van der Waals surface area contributed by atoms with Gasteiger partial charge in [-0.1, -0.05) is 19.1 Å². The first-order chi connectivity index (χ1) is 17.4. The lowest BCUT2D eigenvalue weighted by Crippen LogP contribution is -2.28. The van der Waals surface area contributed by atoms with Crippen LogP contribution in [0.1, 0.15) is 35.6 Å². The number of carbonyl (C=O) groups excluding carboxylic acids is 2. The van der Waals surface area contributed by atoms with E-state index in [-0.39, 0.29) is 27.7 Å². The first kappa shape index (κ1) is 27.9. The fraction of sp³-hybridized carbons (Fsp3) is 0.240. The average molecular weight is 540 g/mol. The van der Waals surface area contributed by atoms with Gasteiger partial charge in [-0.25, -0.2) is 0 Å². The van der Waals surface area contributed by atoms with Crippen molar-refractivity contribution in [2.75, 3.05) is 6.54 Å². The molecule has 3 aromatic rings. The van der Waals surface area contributed by atoms with Crippen LogP contribution in [0.4, 0.5) is 31.1 Å². The Morgan fingerprint density at radius 3 is 2.32 bits per heavy atom. The van der Waals surface area contributed by atoms with Crippen LogP contribution in [0, 0.1) is 12.8 Å². The van der Waals surface area contributed by atoms with Gasteiger partial charge in [-0.3, -0.25) is 19.2 Å². The van der Waals surface area contributed by atoms with Crippen LogP contribution in [0.3, 0.4) is 0 Å². The molecule has 0 aliphatic carbocycles. The summed E-state index contributed by atoms with van der Waals surface area (Å²) < 4.78 is 80.5. The maximum Gasteiger partial charge on any atom is 0.416 e. The smallest absolute Gasteiger partial charge is 0.268 e. The van der Waals surface area contributed by atoms with Gasteiger partial charge in [0, 0.05) is 11.9 Å². The molecule has 5 nitrogen and oxygen atoms in total. The van der Waals surface area contributed by atoms with E-state index in [1.807, 2.05) is 6.92 Å². The molecule has 2 amide bonds. The molecule has 1 aromatic heterocycles. The van der Waals surface area contributed by atoms with Crippen LogP contribution in [0.2, 0.25) is 0 Å². The van der Waals surface area contributed by atoms with Crippen LogP contribution in [-0.2, 0) is 23.7 Å². The number of hydrogen-bond donors (Lipinski definition) is 0. The SMILES string of the molecule is C#C.CCCN1C(=O)S/C(=C\c2ccc3c(cnn3Cc3ccc(C(F)(F)F)cc3C(F)(F)F)c2)C1=O. The van der Waals surface area contributed by atoms with Crippen LogP contribution < -0.4 is 0 Å². The van der Waals surface area contributed by atoms with Crippen LogP contribution >= 0.6 is 11.8 Å². The van der Waals surface area contributed by atoms with Crippen LogP contribution in [0.25, 0.3) is 17.0 Å². The van der Waals surface area contributed by atoms with Gasteiger partial charge in [-0.05, 0) is 59.7 Å². The number of aromatic nitrogens is 2. The number of imide groups is 1. The predicted octanol–water partition coefficient (Wildman–Crippen LogP) is 6.82. The Labute approximate surface area is 212 Å². The molecule has 0 spiro atoms. The van der Waals surface area contributed by atoms with Crippen molar-refractivity contribution in [3.63, 3.8) is 0 Å². The van der Waals surface area contributed by atoms with Crippen molar-refractivity contribution < 1.29 is 35.9 Å². The summed E-state index contributed by atoms with van der Waals surface area (Å²) in [6.45, 7) is 1.77. The number of thioether (sulfide) groups is 1. The van der Waals surface area contributed by atoms with Crippen molar-refractivity contribution in [1.82, 2.24) is 14.7 Å². The highest BCUT2D eigenvalue weighted by molar-refractivity contribution is 8.18. The second-order valence-electron chi connectivity index (χ2n) is 7.82. The lowest BCUT2D eigenvalue weighted by atomic mass is 10.0. The summed E-state index contributed by atoms with van der Waals surface area (Å²) in [5.41, 5.74) is -2.08. The van der Waals surface area contributed by atoms with Crippen molar-refractivity contribution in [2.24, 2.45) is 0 Å². The molecule has 0 unspecified atom stereocenters. The molecule has 4 rings (SSSR count). The number of carbonyl (C=O) groups is 2. The molecular formula is C25H19F6N3O2S. The third-order valence-corrected chi connectivity index (χ3v) is 6.25. The van der Waals surface area contributed by atoms with E-state index in [9.17, 15) is 35.9 Å². The molecule has 0 saturated carbocycles. The van der Waals surface area contributed by atoms with Gasteiger partial charge < -0.3 is 0 Å². The molecular weight excluding hydrogens is 520 g/mol. The van der Waals surface area contributed by atoms with E-state index in [1.165, 1.54) is 10.9 Å². The minimum absolute atomic E-state index is 0.102. The summed E-state index contributed by atoms with van der Waals surface area (Å²) in [4.78, 5) is 25.8. The van der Waals surface area contributed by atoms with Gasteiger partial charge in [0.1, 0.15) is 0 Å². The van der Waals surface area contributed by atoms with Crippen molar-refractivity contribution in [3.05, 3.63) is 69.8 Å². The quantitative estimate of drug-likeness (QED) is 0.203. The zero-order valence-electron chi connectivity index (χ0n) is 19.2. The number of amides is 2. The van der Waals surface area contributed by atoms with E-state index in [0.29, 0.717) is 35.5 Å². The number of benzene rings is 2. The Balaban J connectivity index is 0.00000186. The standard InChI is InChI=1S/C23H17F6N3O2S.C2H2/c1-2-7-31-20(33)19(35-21(31)34)9-13-3-6-18-15(8-13)11-30-32(18)12-14-4-5-16(22(24,25)26)10-17(14)23(27,28)29;1-2/h3-6,8-11H,2,7,12H2,1H3;1-2H/b19-9-;. The maximum atomic E-state index is 13.5. The molecule has 37 heavy (non-hydrogen) atoms. The highest BCUT2D eigenvalue weighted by atomic mass is 32.2. The average Bonchev–Trinajstić information content (AvgIpc) is 3.34. The third kappa shape index (κ3) is 5.99. The molecule has 1 aliphatic heterocycles. The second-order valence-corrected chi connectivity index (χ2v) is 8.81. The molecule has 194 valence electrons. The first-order valence-electron chi connectivity index (χ1n) is 10.7. The molecule has 1 saturated heterocycles. The molecule has 0 N–H and O–H groups in total. The molecule has 0 radical (unpaired) electrons. The first-order valence-corrected chi connectivity index (χ1v) is 11.5. The Morgan fingerprint density at radius 1 is 1.00 bits per heavy atom. The Morgan fingerprint density at radius 2 is 1.70 bits per heavy atom. The van der Waals surface area contributed by atoms with Gasteiger partial charge in [0.15, 0.2) is 0 Å². The number of terminal acetylenes is 1. The summed E-state index contributed by atoms with van der Waals surface area (Å²) in [7, 11) is 0. The number of halogens is 6. The van der Waals surface area contributed by atoms with E-state index in [2.05, 4.69) is 17.9 Å². The fourth-order valence-electron chi connectivity index (χ4n) is 3.70. The van der Waals surface area contributed by atoms with Gasteiger partial charge in [0.05, 0.1) is 34.3 Å². The number of nitrogens with zero attached hydrogens (tertiary/aromatic N) is 3. The van der Waals surface area contributed by atoms with E-state index >= 15 is 0 Å². The van der Waals surface area contributed by atoms with E-state index < -0.39 is 30.0 Å². The summed E-state index contributed by atoms with van der Waals surface area (Å²) in [5, 5.41) is 4.29. The minimum atomic E-state index is -4.98. The zero-order valence-corrected chi connectivity index (χ0v) is 20.0. The maximum absolute atomic E-state index is 13.5. The van der Waals surface area contributed by atoms with E-state index in [4.69, 9.17) is 0 Å². The molecule has 1 fully saturated rings. The van der Waals surface area contributed by atoms with Crippen molar-refractivity contribution >= 4 is 39.9 Å². The number of rotatable bonds is 5. The normalized spacial score (nSPS) is 15.4. The van der Waals surface area contributed by atoms with Crippen molar-refractivity contribution in [2.45, 2.75) is 32.2 Å². The Hall–Kier alpha value is -3.72. The lowest BCUT2D eigenvalue weighted by Gasteiger charge is -2.16. The lowest BCUT2D eigenvalue weighted by molar-refractivity contribution is -0.143. The minimum Gasteiger partial charge on any atom is -0.268 e. The van der Waals surface area contributed by atoms with E-state index in [1.54, 1.807) is 24.3 Å². The Bertz CT molecular complexity index is 1390. The van der Waals surface area contributed by atoms with Crippen LogP contribution in [0.15, 0.2) is 47.5 Å². The van der Waals surface area contributed by atoms with Crippen molar-refractivity contribution in [3.8, 4) is 12.8 Å². The topological polar surface area (TPSA) is 55.2 Å². The van der Waals surface area contributed by atoms with Gasteiger partial charge in [-0.15, -0.1) is 12.8 Å². The predicted molar refractivity (Wildman–Crippen MR) is 128 cm³/mol. The van der Waals surface area contributed by atoms with Gasteiger partial charge in [0.25, 0.3) is 11.1 Å². The second kappa shape index (κ2) is 10.7. The van der Waals surface area contributed by atoms with Crippen LogP contribution in [0.5, 0.6) is 0 Å². The van der Waals surface area contributed by atoms with E-state index in [0.717, 1.165) is 22.7 Å². The molecule has 1 aliphatic rings. The van der Waals surface area contributed by atoms with Crippen molar-refractivity contribution in [1.29, 1.82) is 0 Å². The molecule has 2 heterocycles. The summed E-state index contributed by atoms with van der Waals surface area (Å²) in [5.74, 6) is -0.389. The highest BCUT2D eigenvalue weighted by Gasteiger charge is 2.38. The monoisotopic (exact) mass is 539 g/mol. The third-order valence-electron chi connectivity index (χ3n) is 5.35. The number of hydrogen-bond acceptors (Lipinski definition) is 4. The summed E-state index contributed by atoms with van der Waals surface area (Å²) in [6.07, 6.45) is 1.71. The summed E-state index contributed by atoms with van der Waals surface area (Å²) >= 11 is 0.827. The molecule has 2 aromatic carbocycles. The molecule has 12 heteroatoms. The largest absolute Gasteiger partial charge is 0.416 e.